The zero-order valence-electron chi connectivity index (χ0n) is 10.7. The Morgan fingerprint density at radius 1 is 1.12 bits per heavy atom. The third-order valence-electron chi connectivity index (χ3n) is 2.88. The van der Waals surface area contributed by atoms with E-state index >= 15 is 0 Å². The number of hydrogen-bond donors (Lipinski definition) is 2. The lowest BCUT2D eigenvalue weighted by Crippen LogP contribution is -2.28. The van der Waals surface area contributed by atoms with E-state index in [4.69, 9.17) is 5.73 Å². The maximum Gasteiger partial charge on any atom is 0.0444 e. The molecule has 2 nitrogen and oxygen atoms in total. The van der Waals surface area contributed by atoms with Gasteiger partial charge in [-0.1, -0.05) is 45.0 Å². The molecule has 16 heavy (non-hydrogen) atoms. The normalized spacial score (nSPS) is 13.1. The molecule has 0 fully saturated rings. The second-order valence-electron chi connectivity index (χ2n) is 4.56. The number of nitrogens with two attached hydrogens (primary N) is 1. The largest absolute Gasteiger partial charge is 0.329 e. The molecule has 0 aliphatic carbocycles. The highest BCUT2D eigenvalue weighted by Crippen LogP contribution is 2.18. The lowest BCUT2D eigenvalue weighted by atomic mass is 9.99. The van der Waals surface area contributed by atoms with Crippen molar-refractivity contribution < 1.29 is 0 Å². The standard InChI is InChI=1S/C14H24N2/c1-4-9-16-14(10-15)13-7-5-12(6-8-13)11(2)3/h5-8,11,14,16H,4,9-10,15H2,1-3H3. The van der Waals surface area contributed by atoms with E-state index in [2.05, 4.69) is 50.4 Å². The molecule has 1 rings (SSSR count). The number of rotatable bonds is 6. The third-order valence-corrected chi connectivity index (χ3v) is 2.88. The van der Waals surface area contributed by atoms with Gasteiger partial charge in [-0.25, -0.2) is 0 Å². The Bertz CT molecular complexity index is 290. The highest BCUT2D eigenvalue weighted by Gasteiger charge is 2.08. The van der Waals surface area contributed by atoms with E-state index in [0.29, 0.717) is 18.5 Å². The fourth-order valence-corrected chi connectivity index (χ4v) is 1.77. The van der Waals surface area contributed by atoms with Crippen LogP contribution in [0.2, 0.25) is 0 Å². The van der Waals surface area contributed by atoms with Crippen molar-refractivity contribution in [3.63, 3.8) is 0 Å². The van der Waals surface area contributed by atoms with Gasteiger partial charge in [0, 0.05) is 12.6 Å². The lowest BCUT2D eigenvalue weighted by molar-refractivity contribution is 0.540. The smallest absolute Gasteiger partial charge is 0.0444 e. The first-order chi connectivity index (χ1) is 7.69. The van der Waals surface area contributed by atoms with Crippen molar-refractivity contribution >= 4 is 0 Å². The zero-order chi connectivity index (χ0) is 12.0. The van der Waals surface area contributed by atoms with Gasteiger partial charge < -0.3 is 11.1 Å². The summed E-state index contributed by atoms with van der Waals surface area (Å²) >= 11 is 0. The van der Waals surface area contributed by atoms with E-state index in [1.165, 1.54) is 11.1 Å². The summed E-state index contributed by atoms with van der Waals surface area (Å²) < 4.78 is 0. The predicted octanol–water partition coefficient (Wildman–Crippen LogP) is 2.81. The van der Waals surface area contributed by atoms with Crippen LogP contribution in [-0.2, 0) is 0 Å². The molecule has 2 heteroatoms. The number of nitrogens with one attached hydrogen (secondary N) is 1. The summed E-state index contributed by atoms with van der Waals surface area (Å²) in [4.78, 5) is 0. The molecule has 0 aliphatic heterocycles. The average Bonchev–Trinajstić information content (AvgIpc) is 2.30. The summed E-state index contributed by atoms with van der Waals surface area (Å²) in [6.45, 7) is 8.27. The Labute approximate surface area is 99.2 Å². The van der Waals surface area contributed by atoms with Crippen LogP contribution in [0.3, 0.4) is 0 Å². The van der Waals surface area contributed by atoms with E-state index in [0.717, 1.165) is 13.0 Å². The second-order valence-corrected chi connectivity index (χ2v) is 4.56. The van der Waals surface area contributed by atoms with E-state index in [1.807, 2.05) is 0 Å². The Kier molecular flexibility index (Phi) is 5.50. The van der Waals surface area contributed by atoms with E-state index in [1.54, 1.807) is 0 Å². The van der Waals surface area contributed by atoms with E-state index in [-0.39, 0.29) is 0 Å². The molecular weight excluding hydrogens is 196 g/mol. The van der Waals surface area contributed by atoms with Gasteiger partial charge in [-0.15, -0.1) is 0 Å². The van der Waals surface area contributed by atoms with Gasteiger partial charge in [-0.3, -0.25) is 0 Å². The van der Waals surface area contributed by atoms with Crippen LogP contribution in [0.25, 0.3) is 0 Å². The highest BCUT2D eigenvalue weighted by atomic mass is 14.9. The Balaban J connectivity index is 2.70. The summed E-state index contributed by atoms with van der Waals surface area (Å²) in [7, 11) is 0. The monoisotopic (exact) mass is 220 g/mol. The van der Waals surface area contributed by atoms with Gasteiger partial charge >= 0.3 is 0 Å². The van der Waals surface area contributed by atoms with Crippen molar-refractivity contribution in [2.45, 2.75) is 39.2 Å². The van der Waals surface area contributed by atoms with E-state index < -0.39 is 0 Å². The van der Waals surface area contributed by atoms with Gasteiger partial charge in [0.2, 0.25) is 0 Å². The lowest BCUT2D eigenvalue weighted by Gasteiger charge is -2.17. The van der Waals surface area contributed by atoms with Gasteiger partial charge in [-0.2, -0.15) is 0 Å². The first-order valence-corrected chi connectivity index (χ1v) is 6.22. The molecule has 3 N–H and O–H groups in total. The molecule has 1 atom stereocenters. The first-order valence-electron chi connectivity index (χ1n) is 6.22. The average molecular weight is 220 g/mol. The van der Waals surface area contributed by atoms with Gasteiger partial charge in [0.25, 0.3) is 0 Å². The zero-order valence-corrected chi connectivity index (χ0v) is 10.7. The fraction of sp³-hybridized carbons (Fsp3) is 0.571. The van der Waals surface area contributed by atoms with Crippen LogP contribution >= 0.6 is 0 Å². The minimum Gasteiger partial charge on any atom is -0.329 e. The number of benzene rings is 1. The van der Waals surface area contributed by atoms with Crippen LogP contribution < -0.4 is 11.1 Å². The summed E-state index contributed by atoms with van der Waals surface area (Å²) in [6, 6.07) is 9.08. The van der Waals surface area contributed by atoms with Crippen molar-refractivity contribution in [3.05, 3.63) is 35.4 Å². The van der Waals surface area contributed by atoms with Crippen molar-refractivity contribution in [3.8, 4) is 0 Å². The van der Waals surface area contributed by atoms with Gasteiger partial charge in [0.1, 0.15) is 0 Å². The van der Waals surface area contributed by atoms with Crippen LogP contribution in [0, 0.1) is 0 Å². The Morgan fingerprint density at radius 3 is 2.12 bits per heavy atom. The maximum absolute atomic E-state index is 5.78. The summed E-state index contributed by atoms with van der Waals surface area (Å²) in [5.41, 5.74) is 8.46. The quantitative estimate of drug-likeness (QED) is 0.773. The van der Waals surface area contributed by atoms with Crippen LogP contribution in [0.1, 0.15) is 50.3 Å². The summed E-state index contributed by atoms with van der Waals surface area (Å²) in [6.07, 6.45) is 1.14. The molecule has 0 bridgehead atoms. The van der Waals surface area contributed by atoms with Crippen LogP contribution in [0.5, 0.6) is 0 Å². The molecule has 0 aliphatic rings. The maximum atomic E-state index is 5.78. The van der Waals surface area contributed by atoms with Crippen molar-refractivity contribution in [2.75, 3.05) is 13.1 Å². The molecule has 0 spiro atoms. The third kappa shape index (κ3) is 3.62. The van der Waals surface area contributed by atoms with Crippen molar-refractivity contribution in [1.29, 1.82) is 0 Å². The van der Waals surface area contributed by atoms with Crippen LogP contribution in [0.15, 0.2) is 24.3 Å². The van der Waals surface area contributed by atoms with Crippen LogP contribution in [-0.4, -0.2) is 13.1 Å². The fourth-order valence-electron chi connectivity index (χ4n) is 1.77. The van der Waals surface area contributed by atoms with Gasteiger partial charge in [0.05, 0.1) is 0 Å². The molecule has 90 valence electrons. The number of hydrogen-bond acceptors (Lipinski definition) is 2. The molecule has 0 heterocycles. The Hall–Kier alpha value is -0.860. The van der Waals surface area contributed by atoms with E-state index in [9.17, 15) is 0 Å². The molecule has 1 aromatic carbocycles. The highest BCUT2D eigenvalue weighted by molar-refractivity contribution is 5.27. The minimum atomic E-state index is 0.293. The van der Waals surface area contributed by atoms with Crippen molar-refractivity contribution in [2.24, 2.45) is 5.73 Å². The second kappa shape index (κ2) is 6.66. The first kappa shape index (κ1) is 13.2. The molecule has 0 saturated carbocycles. The molecular formula is C14H24N2. The molecule has 0 amide bonds. The molecule has 1 unspecified atom stereocenters. The molecule has 0 saturated heterocycles. The molecule has 0 aromatic heterocycles. The van der Waals surface area contributed by atoms with Gasteiger partial charge in [0.15, 0.2) is 0 Å². The summed E-state index contributed by atoms with van der Waals surface area (Å²) in [5, 5.41) is 3.46. The minimum absolute atomic E-state index is 0.293. The predicted molar refractivity (Wildman–Crippen MR) is 70.6 cm³/mol. The van der Waals surface area contributed by atoms with Crippen molar-refractivity contribution in [1.82, 2.24) is 5.32 Å². The SMILES string of the molecule is CCCNC(CN)c1ccc(C(C)C)cc1. The van der Waals surface area contributed by atoms with Gasteiger partial charge in [-0.05, 0) is 30.0 Å². The molecule has 0 radical (unpaired) electrons. The topological polar surface area (TPSA) is 38.0 Å². The summed E-state index contributed by atoms with van der Waals surface area (Å²) in [5.74, 6) is 0.592. The Morgan fingerprint density at radius 2 is 1.69 bits per heavy atom. The molecule has 1 aromatic rings. The van der Waals surface area contributed by atoms with Crippen LogP contribution in [0.4, 0.5) is 0 Å².